The van der Waals surface area contributed by atoms with Crippen molar-refractivity contribution in [3.05, 3.63) is 107 Å². The number of aliphatic hydroxyl groups is 2. The van der Waals surface area contributed by atoms with Crippen molar-refractivity contribution < 1.29 is 19.7 Å². The van der Waals surface area contributed by atoms with Gasteiger partial charge < -0.3 is 19.7 Å². The standard InChI is InChI=1S/C26H22O4/c1-29-20-13-9-18(10-14-20)25(27)22-7-3-5-17-6-4-8-23(24(17)22)26(25,28)19-11-15-21(30-2)16-12-19/h3-16,27-28H,1-2H3. The molecule has 0 fully saturated rings. The minimum Gasteiger partial charge on any atom is -0.497 e. The number of ether oxygens (including phenoxy) is 2. The molecule has 150 valence electrons. The Bertz CT molecular complexity index is 1140. The molecule has 0 aliphatic heterocycles. The molecule has 1 aliphatic rings. The van der Waals surface area contributed by atoms with Crippen molar-refractivity contribution in [2.45, 2.75) is 11.2 Å². The minimum absolute atomic E-state index is 0.588. The Morgan fingerprint density at radius 1 is 0.567 bits per heavy atom. The van der Waals surface area contributed by atoms with Crippen LogP contribution in [0.1, 0.15) is 22.3 Å². The molecule has 4 aromatic carbocycles. The van der Waals surface area contributed by atoms with E-state index in [-0.39, 0.29) is 0 Å². The number of methoxy groups -OCH3 is 2. The first-order valence-corrected chi connectivity index (χ1v) is 9.80. The van der Waals surface area contributed by atoms with Crippen LogP contribution in [0.3, 0.4) is 0 Å². The highest BCUT2D eigenvalue weighted by Crippen LogP contribution is 2.58. The number of benzene rings is 4. The normalized spacial score (nSPS) is 22.3. The van der Waals surface area contributed by atoms with Crippen LogP contribution in [-0.2, 0) is 11.2 Å². The molecule has 2 unspecified atom stereocenters. The highest BCUT2D eigenvalue weighted by molar-refractivity contribution is 5.95. The Balaban J connectivity index is 1.85. The van der Waals surface area contributed by atoms with Crippen molar-refractivity contribution in [3.8, 4) is 11.5 Å². The molecule has 4 aromatic rings. The Hall–Kier alpha value is -3.34. The zero-order chi connectivity index (χ0) is 20.9. The van der Waals surface area contributed by atoms with E-state index in [1.54, 1.807) is 62.8 Å². The van der Waals surface area contributed by atoms with Gasteiger partial charge in [0.05, 0.1) is 14.2 Å². The quantitative estimate of drug-likeness (QED) is 0.537. The summed E-state index contributed by atoms with van der Waals surface area (Å²) in [6.07, 6.45) is 0. The first-order chi connectivity index (χ1) is 14.5. The third-order valence-electron chi connectivity index (χ3n) is 6.22. The number of hydrogen-bond acceptors (Lipinski definition) is 4. The average Bonchev–Trinajstić information content (AvgIpc) is 3.02. The maximum absolute atomic E-state index is 12.3. The van der Waals surface area contributed by atoms with E-state index in [1.807, 2.05) is 36.4 Å². The second-order valence-electron chi connectivity index (χ2n) is 7.59. The Labute approximate surface area is 174 Å². The molecule has 1 aliphatic carbocycles. The van der Waals surface area contributed by atoms with E-state index in [0.717, 1.165) is 10.8 Å². The molecule has 0 aromatic heterocycles. The Morgan fingerprint density at radius 2 is 0.967 bits per heavy atom. The molecule has 0 spiro atoms. The first kappa shape index (κ1) is 18.7. The molecule has 4 heteroatoms. The van der Waals surface area contributed by atoms with E-state index >= 15 is 0 Å². The predicted molar refractivity (Wildman–Crippen MR) is 116 cm³/mol. The predicted octanol–water partition coefficient (Wildman–Crippen LogP) is 4.34. The third-order valence-corrected chi connectivity index (χ3v) is 6.22. The van der Waals surface area contributed by atoms with Gasteiger partial charge in [0.2, 0.25) is 0 Å². The van der Waals surface area contributed by atoms with Gasteiger partial charge in [-0.3, -0.25) is 0 Å². The van der Waals surface area contributed by atoms with Crippen LogP contribution in [0.25, 0.3) is 10.8 Å². The van der Waals surface area contributed by atoms with Crippen LogP contribution in [0.2, 0.25) is 0 Å². The summed E-state index contributed by atoms with van der Waals surface area (Å²) in [6, 6.07) is 26.0. The van der Waals surface area contributed by atoms with Crippen molar-refractivity contribution in [1.29, 1.82) is 0 Å². The highest BCUT2D eigenvalue weighted by atomic mass is 16.5. The zero-order valence-electron chi connectivity index (χ0n) is 16.8. The van der Waals surface area contributed by atoms with Gasteiger partial charge in [-0.2, -0.15) is 0 Å². The molecule has 0 saturated carbocycles. The summed E-state index contributed by atoms with van der Waals surface area (Å²) in [4.78, 5) is 0. The summed E-state index contributed by atoms with van der Waals surface area (Å²) in [7, 11) is 3.20. The summed E-state index contributed by atoms with van der Waals surface area (Å²) >= 11 is 0. The summed E-state index contributed by atoms with van der Waals surface area (Å²) in [5.74, 6) is 1.37. The van der Waals surface area contributed by atoms with Crippen LogP contribution >= 0.6 is 0 Å². The third kappa shape index (κ3) is 2.29. The van der Waals surface area contributed by atoms with Crippen LogP contribution < -0.4 is 9.47 Å². The van der Waals surface area contributed by atoms with E-state index in [2.05, 4.69) is 0 Å². The smallest absolute Gasteiger partial charge is 0.152 e. The van der Waals surface area contributed by atoms with E-state index in [1.165, 1.54) is 0 Å². The molecule has 0 amide bonds. The minimum atomic E-state index is -1.68. The van der Waals surface area contributed by atoms with Gasteiger partial charge in [-0.25, -0.2) is 0 Å². The lowest BCUT2D eigenvalue weighted by atomic mass is 9.72. The fraction of sp³-hybridized carbons (Fsp3) is 0.154. The van der Waals surface area contributed by atoms with Crippen molar-refractivity contribution >= 4 is 10.8 Å². The zero-order valence-corrected chi connectivity index (χ0v) is 16.8. The maximum Gasteiger partial charge on any atom is 0.152 e. The lowest BCUT2D eigenvalue weighted by Gasteiger charge is -2.40. The SMILES string of the molecule is COc1ccc(C2(O)c3cccc4cccc(c34)C2(O)c2ccc(OC)cc2)cc1. The molecular weight excluding hydrogens is 376 g/mol. The van der Waals surface area contributed by atoms with E-state index in [4.69, 9.17) is 9.47 Å². The molecule has 0 bridgehead atoms. The largest absolute Gasteiger partial charge is 0.497 e. The van der Waals surface area contributed by atoms with Gasteiger partial charge in [0, 0.05) is 0 Å². The molecule has 5 rings (SSSR count). The van der Waals surface area contributed by atoms with Gasteiger partial charge in [-0.15, -0.1) is 0 Å². The van der Waals surface area contributed by atoms with Gasteiger partial charge >= 0.3 is 0 Å². The summed E-state index contributed by atoms with van der Waals surface area (Å²) in [5.41, 5.74) is -0.831. The van der Waals surface area contributed by atoms with Crippen LogP contribution in [0.15, 0.2) is 84.9 Å². The Morgan fingerprint density at radius 3 is 1.33 bits per heavy atom. The van der Waals surface area contributed by atoms with E-state index < -0.39 is 11.2 Å². The maximum atomic E-state index is 12.3. The fourth-order valence-electron chi connectivity index (χ4n) is 4.73. The van der Waals surface area contributed by atoms with E-state index in [0.29, 0.717) is 33.8 Å². The molecule has 2 N–H and O–H groups in total. The molecule has 0 heterocycles. The van der Waals surface area contributed by atoms with Crippen LogP contribution in [0.4, 0.5) is 0 Å². The topological polar surface area (TPSA) is 58.9 Å². The van der Waals surface area contributed by atoms with Crippen molar-refractivity contribution in [1.82, 2.24) is 0 Å². The molecule has 4 nitrogen and oxygen atoms in total. The van der Waals surface area contributed by atoms with Crippen LogP contribution in [-0.4, -0.2) is 24.4 Å². The summed E-state index contributed by atoms with van der Waals surface area (Å²) < 4.78 is 10.6. The number of rotatable bonds is 4. The summed E-state index contributed by atoms with van der Waals surface area (Å²) in [6.45, 7) is 0. The van der Waals surface area contributed by atoms with Crippen molar-refractivity contribution in [3.63, 3.8) is 0 Å². The number of hydrogen-bond donors (Lipinski definition) is 2. The van der Waals surface area contributed by atoms with Crippen LogP contribution in [0.5, 0.6) is 11.5 Å². The molecule has 2 atom stereocenters. The van der Waals surface area contributed by atoms with Crippen LogP contribution in [0, 0.1) is 0 Å². The average molecular weight is 398 g/mol. The summed E-state index contributed by atoms with van der Waals surface area (Å²) in [5, 5.41) is 26.5. The second-order valence-corrected chi connectivity index (χ2v) is 7.59. The molecule has 30 heavy (non-hydrogen) atoms. The van der Waals surface area contributed by atoms with Gasteiger partial charge in [-0.1, -0.05) is 60.7 Å². The fourth-order valence-corrected chi connectivity index (χ4v) is 4.73. The van der Waals surface area contributed by atoms with Gasteiger partial charge in [0.25, 0.3) is 0 Å². The van der Waals surface area contributed by atoms with Gasteiger partial charge in [0.1, 0.15) is 11.5 Å². The lowest BCUT2D eigenvalue weighted by molar-refractivity contribution is -0.105. The Kier molecular flexibility index (Phi) is 4.10. The van der Waals surface area contributed by atoms with Gasteiger partial charge in [-0.05, 0) is 57.3 Å². The van der Waals surface area contributed by atoms with Crippen molar-refractivity contribution in [2.24, 2.45) is 0 Å². The monoisotopic (exact) mass is 398 g/mol. The lowest BCUT2D eigenvalue weighted by Crippen LogP contribution is -2.47. The molecular formula is C26H22O4. The van der Waals surface area contributed by atoms with Gasteiger partial charge in [0.15, 0.2) is 11.2 Å². The molecule has 0 saturated heterocycles. The van der Waals surface area contributed by atoms with E-state index in [9.17, 15) is 10.2 Å². The molecule has 0 radical (unpaired) electrons. The first-order valence-electron chi connectivity index (χ1n) is 9.80. The highest BCUT2D eigenvalue weighted by Gasteiger charge is 2.59. The second kappa shape index (κ2) is 6.59. The van der Waals surface area contributed by atoms with Crippen molar-refractivity contribution in [2.75, 3.05) is 14.2 Å².